The van der Waals surface area contributed by atoms with Gasteiger partial charge in [-0.25, -0.2) is 17.6 Å². The first-order chi connectivity index (χ1) is 10.8. The van der Waals surface area contributed by atoms with E-state index in [1.54, 1.807) is 33.8 Å². The molecule has 1 aromatic carbocycles. The molecule has 0 saturated carbocycles. The molecule has 0 fully saturated rings. The number of rotatable bonds is 5. The van der Waals surface area contributed by atoms with Crippen molar-refractivity contribution in [3.05, 3.63) is 35.7 Å². The van der Waals surface area contributed by atoms with E-state index < -0.39 is 33.6 Å². The highest BCUT2D eigenvalue weighted by Crippen LogP contribution is 2.27. The highest BCUT2D eigenvalue weighted by molar-refractivity contribution is 7.92. The zero-order chi connectivity index (χ0) is 18.7. The van der Waals surface area contributed by atoms with Crippen LogP contribution >= 0.6 is 0 Å². The fourth-order valence-corrected chi connectivity index (χ4v) is 2.51. The molecule has 0 unspecified atom stereocenters. The Hall–Kier alpha value is -2.09. The van der Waals surface area contributed by atoms with Crippen LogP contribution in [0.2, 0.25) is 0 Å². The molecular formula is C16H23FN2O4S. The molecule has 1 aromatic rings. The number of nitrogens with one attached hydrogen (secondary N) is 2. The van der Waals surface area contributed by atoms with Crippen LogP contribution in [0, 0.1) is 5.82 Å². The van der Waals surface area contributed by atoms with Crippen molar-refractivity contribution in [1.82, 2.24) is 5.32 Å². The predicted molar refractivity (Wildman–Crippen MR) is 92.7 cm³/mol. The Balaban J connectivity index is 3.07. The molecule has 0 spiro atoms. The fraction of sp³-hybridized carbons (Fsp3) is 0.438. The third kappa shape index (κ3) is 6.19. The average molecular weight is 358 g/mol. The molecule has 0 aliphatic rings. The first-order valence-electron chi connectivity index (χ1n) is 7.25. The van der Waals surface area contributed by atoms with E-state index in [1.807, 2.05) is 0 Å². The summed E-state index contributed by atoms with van der Waals surface area (Å²) in [6.45, 7) is 10.4. The smallest absolute Gasteiger partial charge is 0.408 e. The second-order valence-corrected chi connectivity index (χ2v) is 8.16. The number of sulfonamides is 1. The van der Waals surface area contributed by atoms with Crippen molar-refractivity contribution in [3.63, 3.8) is 0 Å². The summed E-state index contributed by atoms with van der Waals surface area (Å²) in [4.78, 5) is 11.8. The predicted octanol–water partition coefficient (Wildman–Crippen LogP) is 3.43. The number of halogens is 1. The van der Waals surface area contributed by atoms with Gasteiger partial charge in [-0.3, -0.25) is 4.72 Å². The maximum Gasteiger partial charge on any atom is 0.408 e. The van der Waals surface area contributed by atoms with Crippen molar-refractivity contribution in [2.75, 3.05) is 11.0 Å². The molecule has 0 aromatic heterocycles. The van der Waals surface area contributed by atoms with Gasteiger partial charge in [0, 0.05) is 5.56 Å². The van der Waals surface area contributed by atoms with Crippen molar-refractivity contribution >= 4 is 27.9 Å². The number of ether oxygens (including phenoxy) is 1. The summed E-state index contributed by atoms with van der Waals surface area (Å²) in [6.07, 6.45) is 1.63. The van der Waals surface area contributed by atoms with Crippen LogP contribution in [0.4, 0.5) is 14.9 Å². The molecule has 6 nitrogen and oxygen atoms in total. The first kappa shape index (κ1) is 20.0. The number of hydrogen-bond acceptors (Lipinski definition) is 4. The maximum atomic E-state index is 14.3. The molecule has 0 aliphatic carbocycles. The summed E-state index contributed by atoms with van der Waals surface area (Å²) in [5, 5.41) is 2.60. The van der Waals surface area contributed by atoms with Crippen molar-refractivity contribution < 1.29 is 22.3 Å². The number of anilines is 1. The largest absolute Gasteiger partial charge is 0.444 e. The number of hydrogen-bond donors (Lipinski definition) is 2. The maximum absolute atomic E-state index is 14.3. The Kier molecular flexibility index (Phi) is 5.99. The molecule has 0 aliphatic heterocycles. The van der Waals surface area contributed by atoms with E-state index in [4.69, 9.17) is 4.74 Å². The summed E-state index contributed by atoms with van der Waals surface area (Å²) in [6, 6.07) is 2.16. The van der Waals surface area contributed by atoms with Crippen LogP contribution in [0.5, 0.6) is 0 Å². The number of carbonyl (C=O) groups is 1. The number of amides is 1. The van der Waals surface area contributed by atoms with E-state index in [0.717, 1.165) is 12.3 Å². The highest BCUT2D eigenvalue weighted by atomic mass is 32.2. The van der Waals surface area contributed by atoms with Gasteiger partial charge in [0.05, 0.1) is 18.0 Å². The van der Waals surface area contributed by atoms with Gasteiger partial charge in [0.1, 0.15) is 11.4 Å². The van der Waals surface area contributed by atoms with Crippen LogP contribution in [0.15, 0.2) is 18.7 Å². The molecule has 0 heterocycles. The minimum Gasteiger partial charge on any atom is -0.444 e. The third-order valence-corrected chi connectivity index (χ3v) is 3.46. The summed E-state index contributed by atoms with van der Waals surface area (Å²) in [7, 11) is -3.63. The standard InChI is InChI=1S/C16H23FN2O4S/c1-7-11-8-12(9-13(17)14(11)19-24(6,21)22)10(2)18-15(20)23-16(3,4)5/h7-10,19H,1H2,2-6H3,(H,18,20)/t10-/m1/s1. The van der Waals surface area contributed by atoms with E-state index >= 15 is 0 Å². The van der Waals surface area contributed by atoms with E-state index in [9.17, 15) is 17.6 Å². The normalized spacial score (nSPS) is 13.1. The second kappa shape index (κ2) is 7.21. The topological polar surface area (TPSA) is 84.5 Å². The molecule has 0 bridgehead atoms. The van der Waals surface area contributed by atoms with E-state index in [-0.39, 0.29) is 11.3 Å². The van der Waals surface area contributed by atoms with Crippen LogP contribution in [-0.4, -0.2) is 26.4 Å². The Morgan fingerprint density at radius 1 is 1.38 bits per heavy atom. The molecule has 2 N–H and O–H groups in total. The van der Waals surface area contributed by atoms with Gasteiger partial charge in [-0.05, 0) is 45.4 Å². The number of carbonyl (C=O) groups excluding carboxylic acids is 1. The monoisotopic (exact) mass is 358 g/mol. The van der Waals surface area contributed by atoms with Gasteiger partial charge in [0.15, 0.2) is 0 Å². The van der Waals surface area contributed by atoms with Crippen molar-refractivity contribution in [1.29, 1.82) is 0 Å². The number of benzene rings is 1. The minimum absolute atomic E-state index is 0.180. The Labute approximate surface area is 142 Å². The minimum atomic E-state index is -3.63. The molecule has 1 amide bonds. The summed E-state index contributed by atoms with van der Waals surface area (Å²) < 4.78 is 44.2. The molecule has 24 heavy (non-hydrogen) atoms. The SMILES string of the molecule is C=Cc1cc([C@@H](C)NC(=O)OC(C)(C)C)cc(F)c1NS(C)(=O)=O. The quantitative estimate of drug-likeness (QED) is 0.844. The average Bonchev–Trinajstić information content (AvgIpc) is 2.36. The van der Waals surface area contributed by atoms with Crippen LogP contribution < -0.4 is 10.0 Å². The highest BCUT2D eigenvalue weighted by Gasteiger charge is 2.20. The second-order valence-electron chi connectivity index (χ2n) is 6.41. The van der Waals surface area contributed by atoms with Crippen molar-refractivity contribution in [2.24, 2.45) is 0 Å². The summed E-state index contributed by atoms with van der Waals surface area (Å²) in [5.41, 5.74) is -0.105. The molecule has 0 radical (unpaired) electrons. The van der Waals surface area contributed by atoms with Crippen LogP contribution in [-0.2, 0) is 14.8 Å². The van der Waals surface area contributed by atoms with Crippen LogP contribution in [0.25, 0.3) is 6.08 Å². The number of alkyl carbamates (subject to hydrolysis) is 1. The lowest BCUT2D eigenvalue weighted by molar-refractivity contribution is 0.0508. The van der Waals surface area contributed by atoms with Crippen molar-refractivity contribution in [2.45, 2.75) is 39.3 Å². The lowest BCUT2D eigenvalue weighted by atomic mass is 10.0. The molecule has 8 heteroatoms. The first-order valence-corrected chi connectivity index (χ1v) is 9.14. The van der Waals surface area contributed by atoms with Gasteiger partial charge < -0.3 is 10.1 Å². The molecular weight excluding hydrogens is 335 g/mol. The lowest BCUT2D eigenvalue weighted by Gasteiger charge is -2.22. The Morgan fingerprint density at radius 2 is 1.96 bits per heavy atom. The van der Waals surface area contributed by atoms with Gasteiger partial charge in [-0.15, -0.1) is 0 Å². The molecule has 0 saturated heterocycles. The zero-order valence-electron chi connectivity index (χ0n) is 14.4. The van der Waals surface area contributed by atoms with Crippen LogP contribution in [0.3, 0.4) is 0 Å². The Morgan fingerprint density at radius 3 is 2.42 bits per heavy atom. The van der Waals surface area contributed by atoms with Gasteiger partial charge in [0.25, 0.3) is 0 Å². The molecule has 134 valence electrons. The van der Waals surface area contributed by atoms with Gasteiger partial charge >= 0.3 is 6.09 Å². The van der Waals surface area contributed by atoms with E-state index in [1.165, 1.54) is 6.08 Å². The van der Waals surface area contributed by atoms with E-state index in [2.05, 4.69) is 16.6 Å². The zero-order valence-corrected chi connectivity index (χ0v) is 15.3. The van der Waals surface area contributed by atoms with Crippen molar-refractivity contribution in [3.8, 4) is 0 Å². The summed E-state index contributed by atoms with van der Waals surface area (Å²) >= 11 is 0. The van der Waals surface area contributed by atoms with E-state index in [0.29, 0.717) is 5.56 Å². The Bertz CT molecular complexity index is 739. The lowest BCUT2D eigenvalue weighted by Crippen LogP contribution is -2.34. The molecule has 1 rings (SSSR count). The summed E-state index contributed by atoms with van der Waals surface area (Å²) in [5.74, 6) is -0.759. The van der Waals surface area contributed by atoms with Crippen LogP contribution in [0.1, 0.15) is 44.9 Å². The van der Waals surface area contributed by atoms with Gasteiger partial charge in [0.2, 0.25) is 10.0 Å². The third-order valence-electron chi connectivity index (χ3n) is 2.88. The van der Waals surface area contributed by atoms with Gasteiger partial charge in [-0.2, -0.15) is 0 Å². The van der Waals surface area contributed by atoms with Gasteiger partial charge in [-0.1, -0.05) is 12.7 Å². The fourth-order valence-electron chi connectivity index (χ4n) is 1.92. The molecule has 1 atom stereocenters.